The Kier molecular flexibility index (Phi) is 8.77. The van der Waals surface area contributed by atoms with E-state index in [1.165, 1.54) is 6.08 Å². The zero-order valence-electron chi connectivity index (χ0n) is 10.1. The van der Waals surface area contributed by atoms with Gasteiger partial charge in [-0.15, -0.1) is 6.58 Å². The predicted octanol–water partition coefficient (Wildman–Crippen LogP) is 0.742. The average molecular weight is 244 g/mol. The first kappa shape index (κ1) is 15.4. The predicted molar refractivity (Wildman–Crippen MR) is 63.9 cm³/mol. The van der Waals surface area contributed by atoms with Crippen LogP contribution in [-0.4, -0.2) is 43.4 Å². The smallest absolute Gasteiger partial charge is 0.326 e. The van der Waals surface area contributed by atoms with Gasteiger partial charge < -0.3 is 20.5 Å². The van der Waals surface area contributed by atoms with E-state index in [4.69, 9.17) is 9.84 Å². The summed E-state index contributed by atoms with van der Waals surface area (Å²) in [6, 6.07) is -1.40. The number of ether oxygens (including phenoxy) is 1. The Morgan fingerprint density at radius 2 is 2.18 bits per heavy atom. The molecule has 1 atom stereocenters. The van der Waals surface area contributed by atoms with Gasteiger partial charge in [0.05, 0.1) is 0 Å². The SMILES string of the molecule is C=CCC(NC(=O)NCCCCOC)C(=O)O. The topological polar surface area (TPSA) is 87.7 Å². The van der Waals surface area contributed by atoms with Gasteiger partial charge in [0.25, 0.3) is 0 Å². The fourth-order valence-electron chi connectivity index (χ4n) is 1.17. The molecule has 3 N–H and O–H groups in total. The zero-order chi connectivity index (χ0) is 13.1. The average Bonchev–Trinajstić information content (AvgIpc) is 2.28. The molecule has 2 amide bonds. The molecule has 1 unspecified atom stereocenters. The number of carbonyl (C=O) groups excluding carboxylic acids is 1. The Morgan fingerprint density at radius 1 is 1.47 bits per heavy atom. The first-order valence-electron chi connectivity index (χ1n) is 5.48. The van der Waals surface area contributed by atoms with Crippen molar-refractivity contribution in [2.24, 2.45) is 0 Å². The number of amides is 2. The van der Waals surface area contributed by atoms with Crippen LogP contribution in [0.4, 0.5) is 4.79 Å². The van der Waals surface area contributed by atoms with Crippen molar-refractivity contribution in [2.45, 2.75) is 25.3 Å². The van der Waals surface area contributed by atoms with E-state index < -0.39 is 18.0 Å². The number of nitrogens with one attached hydrogen (secondary N) is 2. The molecule has 6 nitrogen and oxygen atoms in total. The lowest BCUT2D eigenvalue weighted by Gasteiger charge is -2.13. The van der Waals surface area contributed by atoms with Gasteiger partial charge in [0, 0.05) is 20.3 Å². The molecule has 98 valence electrons. The molecule has 0 aliphatic rings. The van der Waals surface area contributed by atoms with Gasteiger partial charge >= 0.3 is 12.0 Å². The summed E-state index contributed by atoms with van der Waals surface area (Å²) in [6.07, 6.45) is 3.30. The Balaban J connectivity index is 3.75. The summed E-state index contributed by atoms with van der Waals surface area (Å²) in [5.74, 6) is -1.07. The van der Waals surface area contributed by atoms with Crippen molar-refractivity contribution in [3.8, 4) is 0 Å². The highest BCUT2D eigenvalue weighted by Gasteiger charge is 2.17. The second-order valence-corrected chi connectivity index (χ2v) is 3.52. The molecule has 0 fully saturated rings. The van der Waals surface area contributed by atoms with Crippen molar-refractivity contribution >= 4 is 12.0 Å². The second-order valence-electron chi connectivity index (χ2n) is 3.52. The van der Waals surface area contributed by atoms with Gasteiger partial charge in [-0.2, -0.15) is 0 Å². The summed E-state index contributed by atoms with van der Waals surface area (Å²) in [5.41, 5.74) is 0. The molecule has 0 aliphatic carbocycles. The minimum absolute atomic E-state index is 0.201. The lowest BCUT2D eigenvalue weighted by molar-refractivity contribution is -0.139. The summed E-state index contributed by atoms with van der Waals surface area (Å²) in [6.45, 7) is 4.58. The molecule has 0 rings (SSSR count). The third-order valence-electron chi connectivity index (χ3n) is 2.07. The van der Waals surface area contributed by atoms with Gasteiger partial charge in [-0.3, -0.25) is 0 Å². The molecule has 0 aromatic carbocycles. The van der Waals surface area contributed by atoms with E-state index >= 15 is 0 Å². The highest BCUT2D eigenvalue weighted by molar-refractivity contribution is 5.82. The van der Waals surface area contributed by atoms with E-state index in [1.54, 1.807) is 7.11 Å². The maximum Gasteiger partial charge on any atom is 0.326 e. The minimum Gasteiger partial charge on any atom is -0.480 e. The Labute approximate surface area is 101 Å². The standard InChI is InChI=1S/C11H20N2O4/c1-3-6-9(10(14)15)13-11(16)12-7-4-5-8-17-2/h3,9H,1,4-8H2,2H3,(H,14,15)(H2,12,13,16). The van der Waals surface area contributed by atoms with Crippen LogP contribution in [0.25, 0.3) is 0 Å². The first-order valence-corrected chi connectivity index (χ1v) is 5.48. The fraction of sp³-hybridized carbons (Fsp3) is 0.636. The van der Waals surface area contributed by atoms with Crippen LogP contribution in [0.2, 0.25) is 0 Å². The highest BCUT2D eigenvalue weighted by Crippen LogP contribution is 1.93. The van der Waals surface area contributed by atoms with Gasteiger partial charge in [-0.05, 0) is 19.3 Å². The van der Waals surface area contributed by atoms with Crippen molar-refractivity contribution in [1.82, 2.24) is 10.6 Å². The van der Waals surface area contributed by atoms with Crippen molar-refractivity contribution in [3.63, 3.8) is 0 Å². The van der Waals surface area contributed by atoms with E-state index in [9.17, 15) is 9.59 Å². The van der Waals surface area contributed by atoms with Crippen LogP contribution >= 0.6 is 0 Å². The van der Waals surface area contributed by atoms with Crippen molar-refractivity contribution in [1.29, 1.82) is 0 Å². The number of carbonyl (C=O) groups is 2. The van der Waals surface area contributed by atoms with E-state index in [2.05, 4.69) is 17.2 Å². The van der Waals surface area contributed by atoms with Crippen LogP contribution in [0.5, 0.6) is 0 Å². The number of hydrogen-bond donors (Lipinski definition) is 3. The quantitative estimate of drug-likeness (QED) is 0.412. The van der Waals surface area contributed by atoms with Crippen molar-refractivity contribution < 1.29 is 19.4 Å². The maximum atomic E-state index is 11.3. The minimum atomic E-state index is -1.07. The van der Waals surface area contributed by atoms with E-state index in [-0.39, 0.29) is 6.42 Å². The molecule has 0 aromatic rings. The number of carboxylic acid groups (broad SMARTS) is 1. The fourth-order valence-corrected chi connectivity index (χ4v) is 1.17. The van der Waals surface area contributed by atoms with Crippen molar-refractivity contribution in [2.75, 3.05) is 20.3 Å². The second kappa shape index (κ2) is 9.65. The van der Waals surface area contributed by atoms with E-state index in [1.807, 2.05) is 0 Å². The van der Waals surface area contributed by atoms with Crippen LogP contribution in [0.15, 0.2) is 12.7 Å². The largest absolute Gasteiger partial charge is 0.480 e. The van der Waals surface area contributed by atoms with Crippen LogP contribution in [0.3, 0.4) is 0 Å². The Bertz CT molecular complexity index is 256. The molecule has 0 radical (unpaired) electrons. The normalized spacial score (nSPS) is 11.6. The number of carboxylic acids is 1. The third kappa shape index (κ3) is 8.27. The number of hydrogen-bond acceptors (Lipinski definition) is 3. The molecule has 0 heterocycles. The van der Waals surface area contributed by atoms with Gasteiger partial charge in [0.15, 0.2) is 0 Å². The highest BCUT2D eigenvalue weighted by atomic mass is 16.5. The Hall–Kier alpha value is -1.56. The molecule has 0 bridgehead atoms. The molecular weight excluding hydrogens is 224 g/mol. The number of rotatable bonds is 9. The van der Waals surface area contributed by atoms with Gasteiger partial charge in [0.1, 0.15) is 6.04 Å². The van der Waals surface area contributed by atoms with Gasteiger partial charge in [-0.1, -0.05) is 6.08 Å². The summed E-state index contributed by atoms with van der Waals surface area (Å²) in [7, 11) is 1.62. The van der Waals surface area contributed by atoms with E-state index in [0.717, 1.165) is 12.8 Å². The maximum absolute atomic E-state index is 11.3. The molecule has 0 spiro atoms. The molecule has 0 aliphatic heterocycles. The van der Waals surface area contributed by atoms with E-state index in [0.29, 0.717) is 13.2 Å². The first-order chi connectivity index (χ1) is 8.11. The lowest BCUT2D eigenvalue weighted by atomic mass is 10.2. The molecule has 6 heteroatoms. The molecule has 0 saturated heterocycles. The van der Waals surface area contributed by atoms with Crippen molar-refractivity contribution in [3.05, 3.63) is 12.7 Å². The third-order valence-corrected chi connectivity index (χ3v) is 2.07. The van der Waals surface area contributed by atoms with Crippen LogP contribution < -0.4 is 10.6 Å². The van der Waals surface area contributed by atoms with Gasteiger partial charge in [0.2, 0.25) is 0 Å². The van der Waals surface area contributed by atoms with Crippen LogP contribution in [-0.2, 0) is 9.53 Å². The van der Waals surface area contributed by atoms with Crippen LogP contribution in [0, 0.1) is 0 Å². The summed E-state index contributed by atoms with van der Waals surface area (Å²) >= 11 is 0. The summed E-state index contributed by atoms with van der Waals surface area (Å²) in [5, 5.41) is 13.7. The zero-order valence-corrected chi connectivity index (χ0v) is 10.1. The summed E-state index contributed by atoms with van der Waals surface area (Å²) in [4.78, 5) is 22.0. The Morgan fingerprint density at radius 3 is 2.71 bits per heavy atom. The number of urea groups is 1. The number of aliphatic carboxylic acids is 1. The molecule has 17 heavy (non-hydrogen) atoms. The lowest BCUT2D eigenvalue weighted by Crippen LogP contribution is -2.46. The number of methoxy groups -OCH3 is 1. The van der Waals surface area contributed by atoms with Crippen LogP contribution in [0.1, 0.15) is 19.3 Å². The molecular formula is C11H20N2O4. The number of unbranched alkanes of at least 4 members (excludes halogenated alkanes) is 1. The molecule has 0 saturated carbocycles. The monoisotopic (exact) mass is 244 g/mol. The molecule has 0 aromatic heterocycles. The summed E-state index contributed by atoms with van der Waals surface area (Å²) < 4.78 is 4.86. The van der Waals surface area contributed by atoms with Gasteiger partial charge in [-0.25, -0.2) is 9.59 Å².